The molecule has 0 radical (unpaired) electrons. The van der Waals surface area contributed by atoms with E-state index < -0.39 is 5.97 Å². The Morgan fingerprint density at radius 1 is 1.50 bits per heavy atom. The number of carboxylic acids is 1. The van der Waals surface area contributed by atoms with Crippen LogP contribution in [0.3, 0.4) is 0 Å². The van der Waals surface area contributed by atoms with Crippen LogP contribution in [0.4, 0.5) is 0 Å². The maximum atomic E-state index is 10.9. The minimum absolute atomic E-state index is 0.364. The highest BCUT2D eigenvalue weighted by atomic mass is 32.2. The number of carboxylic acid groups (broad SMARTS) is 1. The summed E-state index contributed by atoms with van der Waals surface area (Å²) in [6, 6.07) is 7.73. The topological polar surface area (TPSA) is 49.3 Å². The van der Waals surface area contributed by atoms with Crippen LogP contribution in [0.25, 0.3) is 0 Å². The molecular formula is C14H19NO2S. The van der Waals surface area contributed by atoms with Crippen molar-refractivity contribution in [1.82, 2.24) is 5.32 Å². The van der Waals surface area contributed by atoms with Crippen LogP contribution < -0.4 is 5.32 Å². The second-order valence-corrected chi connectivity index (χ2v) is 5.89. The zero-order valence-corrected chi connectivity index (χ0v) is 11.4. The molecule has 1 aromatic rings. The van der Waals surface area contributed by atoms with E-state index in [2.05, 4.69) is 11.6 Å². The summed E-state index contributed by atoms with van der Waals surface area (Å²) in [5, 5.41) is 13.2. The molecule has 98 valence electrons. The van der Waals surface area contributed by atoms with E-state index >= 15 is 0 Å². The third-order valence-electron chi connectivity index (χ3n) is 3.49. The molecule has 1 aliphatic rings. The average Bonchev–Trinajstić information content (AvgIpc) is 2.84. The lowest BCUT2D eigenvalue weighted by Crippen LogP contribution is -2.26. The van der Waals surface area contributed by atoms with E-state index in [9.17, 15) is 4.79 Å². The first-order valence-electron chi connectivity index (χ1n) is 6.27. The van der Waals surface area contributed by atoms with Gasteiger partial charge < -0.3 is 10.4 Å². The van der Waals surface area contributed by atoms with Gasteiger partial charge >= 0.3 is 5.97 Å². The second-order valence-electron chi connectivity index (χ2n) is 4.75. The Morgan fingerprint density at radius 2 is 2.33 bits per heavy atom. The molecular weight excluding hydrogens is 246 g/mol. The fraction of sp³-hybridized carbons (Fsp3) is 0.500. The fourth-order valence-corrected chi connectivity index (χ4v) is 3.21. The molecule has 0 aromatic heterocycles. The highest BCUT2D eigenvalue weighted by molar-refractivity contribution is 7.99. The molecule has 0 spiro atoms. The molecule has 1 fully saturated rings. The van der Waals surface area contributed by atoms with Crippen molar-refractivity contribution >= 4 is 17.7 Å². The van der Waals surface area contributed by atoms with Gasteiger partial charge in [0, 0.05) is 17.8 Å². The van der Waals surface area contributed by atoms with Crippen molar-refractivity contribution in [2.24, 2.45) is 0 Å². The number of nitrogens with one attached hydrogen (secondary N) is 1. The first kappa shape index (κ1) is 13.4. The highest BCUT2D eigenvalue weighted by Crippen LogP contribution is 2.28. The molecule has 0 heterocycles. The molecule has 2 rings (SSSR count). The van der Waals surface area contributed by atoms with Crippen LogP contribution in [0.5, 0.6) is 0 Å². The van der Waals surface area contributed by atoms with E-state index in [1.807, 2.05) is 17.8 Å². The molecule has 0 aliphatic heterocycles. The van der Waals surface area contributed by atoms with Gasteiger partial charge in [0.15, 0.2) is 0 Å². The molecule has 0 saturated heterocycles. The highest BCUT2D eigenvalue weighted by Gasteiger charge is 2.23. The SMILES string of the molecule is CSC1CCC(NCc2cccc(C(=O)O)c2)C1. The maximum Gasteiger partial charge on any atom is 0.335 e. The van der Waals surface area contributed by atoms with Gasteiger partial charge in [-0.05, 0) is 43.2 Å². The van der Waals surface area contributed by atoms with Crippen molar-refractivity contribution in [1.29, 1.82) is 0 Å². The largest absolute Gasteiger partial charge is 0.478 e. The van der Waals surface area contributed by atoms with Crippen LogP contribution >= 0.6 is 11.8 Å². The van der Waals surface area contributed by atoms with Crippen LogP contribution in [-0.2, 0) is 6.54 Å². The Kier molecular flexibility index (Phi) is 4.66. The number of rotatable bonds is 5. The maximum absolute atomic E-state index is 10.9. The van der Waals surface area contributed by atoms with Gasteiger partial charge in [0.05, 0.1) is 5.56 Å². The van der Waals surface area contributed by atoms with Gasteiger partial charge in [-0.25, -0.2) is 4.79 Å². The summed E-state index contributed by atoms with van der Waals surface area (Å²) in [5.74, 6) is -0.861. The van der Waals surface area contributed by atoms with Gasteiger partial charge in [0.25, 0.3) is 0 Å². The van der Waals surface area contributed by atoms with Crippen LogP contribution in [0.1, 0.15) is 35.2 Å². The van der Waals surface area contributed by atoms with E-state index in [1.165, 1.54) is 19.3 Å². The predicted octanol–water partition coefficient (Wildman–Crippen LogP) is 2.76. The lowest BCUT2D eigenvalue weighted by atomic mass is 10.1. The summed E-state index contributed by atoms with van der Waals surface area (Å²) in [5.41, 5.74) is 1.41. The summed E-state index contributed by atoms with van der Waals surface area (Å²) in [6.45, 7) is 0.757. The predicted molar refractivity (Wildman–Crippen MR) is 75.2 cm³/mol. The molecule has 0 bridgehead atoms. The lowest BCUT2D eigenvalue weighted by Gasteiger charge is -2.13. The van der Waals surface area contributed by atoms with Crippen molar-refractivity contribution in [3.63, 3.8) is 0 Å². The molecule has 0 amide bonds. The minimum Gasteiger partial charge on any atom is -0.478 e. The molecule has 3 nitrogen and oxygen atoms in total. The first-order valence-corrected chi connectivity index (χ1v) is 7.56. The van der Waals surface area contributed by atoms with Crippen LogP contribution in [0.15, 0.2) is 24.3 Å². The molecule has 2 unspecified atom stereocenters. The van der Waals surface area contributed by atoms with Crippen LogP contribution in [-0.4, -0.2) is 28.6 Å². The van der Waals surface area contributed by atoms with Gasteiger partial charge in [-0.2, -0.15) is 11.8 Å². The Morgan fingerprint density at radius 3 is 3.00 bits per heavy atom. The van der Waals surface area contributed by atoms with Gasteiger partial charge in [0.2, 0.25) is 0 Å². The Labute approximate surface area is 112 Å². The van der Waals surface area contributed by atoms with Crippen molar-refractivity contribution in [3.8, 4) is 0 Å². The lowest BCUT2D eigenvalue weighted by molar-refractivity contribution is 0.0696. The van der Waals surface area contributed by atoms with Crippen molar-refractivity contribution in [2.45, 2.75) is 37.1 Å². The fourth-order valence-electron chi connectivity index (χ4n) is 2.42. The number of aromatic carboxylic acids is 1. The quantitative estimate of drug-likeness (QED) is 0.859. The standard InChI is InChI=1S/C14H19NO2S/c1-18-13-6-5-12(8-13)15-9-10-3-2-4-11(7-10)14(16)17/h2-4,7,12-13,15H,5-6,8-9H2,1H3,(H,16,17). The van der Waals surface area contributed by atoms with Crippen LogP contribution in [0.2, 0.25) is 0 Å². The molecule has 2 N–H and O–H groups in total. The van der Waals surface area contributed by atoms with Gasteiger partial charge in [-0.15, -0.1) is 0 Å². The van der Waals surface area contributed by atoms with E-state index in [0.29, 0.717) is 11.6 Å². The molecule has 1 saturated carbocycles. The molecule has 1 aromatic carbocycles. The van der Waals surface area contributed by atoms with E-state index in [4.69, 9.17) is 5.11 Å². The van der Waals surface area contributed by atoms with Crippen molar-refractivity contribution in [3.05, 3.63) is 35.4 Å². The zero-order valence-electron chi connectivity index (χ0n) is 10.6. The number of thioether (sulfide) groups is 1. The Balaban J connectivity index is 1.87. The molecule has 18 heavy (non-hydrogen) atoms. The number of hydrogen-bond donors (Lipinski definition) is 2. The summed E-state index contributed by atoms with van der Waals surface area (Å²) >= 11 is 1.95. The van der Waals surface area contributed by atoms with Gasteiger partial charge in [0.1, 0.15) is 0 Å². The zero-order chi connectivity index (χ0) is 13.0. The second kappa shape index (κ2) is 6.25. The van der Waals surface area contributed by atoms with Crippen LogP contribution in [0, 0.1) is 0 Å². The normalized spacial score (nSPS) is 23.2. The third-order valence-corrected chi connectivity index (χ3v) is 4.58. The first-order chi connectivity index (χ1) is 8.69. The molecule has 4 heteroatoms. The minimum atomic E-state index is -0.861. The smallest absolute Gasteiger partial charge is 0.335 e. The Hall–Kier alpha value is -1.00. The molecule has 1 aliphatic carbocycles. The Bertz CT molecular complexity index is 422. The summed E-state index contributed by atoms with van der Waals surface area (Å²) in [4.78, 5) is 10.9. The summed E-state index contributed by atoms with van der Waals surface area (Å²) in [6.07, 6.45) is 5.90. The van der Waals surface area contributed by atoms with Crippen molar-refractivity contribution in [2.75, 3.05) is 6.26 Å². The number of benzene rings is 1. The summed E-state index contributed by atoms with van der Waals surface area (Å²) < 4.78 is 0. The van der Waals surface area contributed by atoms with E-state index in [0.717, 1.165) is 17.4 Å². The molecule has 2 atom stereocenters. The average molecular weight is 265 g/mol. The van der Waals surface area contributed by atoms with E-state index in [1.54, 1.807) is 18.2 Å². The van der Waals surface area contributed by atoms with Gasteiger partial charge in [-0.1, -0.05) is 12.1 Å². The third kappa shape index (κ3) is 3.50. The monoisotopic (exact) mass is 265 g/mol. The summed E-state index contributed by atoms with van der Waals surface area (Å²) in [7, 11) is 0. The number of carbonyl (C=O) groups is 1. The van der Waals surface area contributed by atoms with E-state index in [-0.39, 0.29) is 0 Å². The van der Waals surface area contributed by atoms with Crippen molar-refractivity contribution < 1.29 is 9.90 Å². The number of hydrogen-bond acceptors (Lipinski definition) is 3. The van der Waals surface area contributed by atoms with Gasteiger partial charge in [-0.3, -0.25) is 0 Å².